The average molecular weight is 299 g/mol. The van der Waals surface area contributed by atoms with Gasteiger partial charge in [-0.25, -0.2) is 0 Å². The molecule has 0 aliphatic heterocycles. The van der Waals surface area contributed by atoms with Crippen LogP contribution in [0.15, 0.2) is 11.6 Å². The molecule has 2 aliphatic carbocycles. The van der Waals surface area contributed by atoms with Crippen LogP contribution in [0.4, 0.5) is 0 Å². The van der Waals surface area contributed by atoms with Crippen molar-refractivity contribution < 1.29 is 4.74 Å². The van der Waals surface area contributed by atoms with E-state index in [4.69, 9.17) is 16.3 Å². The third-order valence-electron chi connectivity index (χ3n) is 5.42. The minimum atomic E-state index is 0.752. The van der Waals surface area contributed by atoms with Crippen molar-refractivity contribution in [2.75, 3.05) is 13.2 Å². The third-order valence-corrected chi connectivity index (χ3v) is 5.57. The van der Waals surface area contributed by atoms with Crippen molar-refractivity contribution >= 4 is 11.6 Å². The van der Waals surface area contributed by atoms with Crippen molar-refractivity contribution in [3.05, 3.63) is 11.6 Å². The predicted octanol–water partition coefficient (Wildman–Crippen LogP) is 5.78. The minimum Gasteiger partial charge on any atom is -0.381 e. The number of allylic oxidation sites excluding steroid dienone is 1. The highest BCUT2D eigenvalue weighted by molar-refractivity contribution is 6.25. The molecule has 2 saturated carbocycles. The van der Waals surface area contributed by atoms with E-state index in [0.29, 0.717) is 0 Å². The zero-order chi connectivity index (χ0) is 14.2. The van der Waals surface area contributed by atoms with Gasteiger partial charge in [-0.05, 0) is 81.5 Å². The van der Waals surface area contributed by atoms with Crippen LogP contribution in [0.5, 0.6) is 0 Å². The smallest absolute Gasteiger partial charge is 0.0494 e. The summed E-state index contributed by atoms with van der Waals surface area (Å²) in [4.78, 5) is 0. The quantitative estimate of drug-likeness (QED) is 0.565. The molecule has 1 nitrogen and oxygen atoms in total. The lowest BCUT2D eigenvalue weighted by Crippen LogP contribution is -2.26. The molecule has 0 saturated heterocycles. The Hall–Kier alpha value is -0.0100. The largest absolute Gasteiger partial charge is 0.381 e. The molecule has 0 radical (unpaired) electrons. The Morgan fingerprint density at radius 3 is 2.10 bits per heavy atom. The molecule has 0 aromatic heterocycles. The lowest BCUT2D eigenvalue weighted by atomic mass is 9.69. The Morgan fingerprint density at radius 1 is 0.950 bits per heavy atom. The van der Waals surface area contributed by atoms with Crippen LogP contribution in [0.2, 0.25) is 0 Å². The predicted molar refractivity (Wildman–Crippen MR) is 87.0 cm³/mol. The maximum Gasteiger partial charge on any atom is 0.0494 e. The van der Waals surface area contributed by atoms with Crippen LogP contribution in [0.1, 0.15) is 64.7 Å². The van der Waals surface area contributed by atoms with Gasteiger partial charge >= 0.3 is 0 Å². The number of halogens is 1. The second-order valence-corrected chi connectivity index (χ2v) is 7.10. The van der Waals surface area contributed by atoms with Crippen molar-refractivity contribution in [2.24, 2.45) is 23.7 Å². The summed E-state index contributed by atoms with van der Waals surface area (Å²) >= 11 is 5.70. The Kier molecular flexibility index (Phi) is 7.44. The zero-order valence-electron chi connectivity index (χ0n) is 13.0. The molecule has 0 N–H and O–H groups in total. The summed E-state index contributed by atoms with van der Waals surface area (Å²) in [6, 6.07) is 0. The van der Waals surface area contributed by atoms with Crippen molar-refractivity contribution in [1.29, 1.82) is 0 Å². The summed E-state index contributed by atoms with van der Waals surface area (Å²) in [5, 5.41) is 0. The molecule has 2 fully saturated rings. The molecule has 0 amide bonds. The molecule has 116 valence electrons. The molecule has 2 rings (SSSR count). The second-order valence-electron chi connectivity index (χ2n) is 6.85. The summed E-state index contributed by atoms with van der Waals surface area (Å²) < 4.78 is 5.72. The monoisotopic (exact) mass is 298 g/mol. The number of hydrogen-bond acceptors (Lipinski definition) is 1. The van der Waals surface area contributed by atoms with Crippen LogP contribution in [0, 0.1) is 23.7 Å². The summed E-state index contributed by atoms with van der Waals surface area (Å²) in [6.07, 6.45) is 14.6. The fourth-order valence-electron chi connectivity index (χ4n) is 4.13. The molecule has 0 aromatic carbocycles. The third kappa shape index (κ3) is 5.07. The fraction of sp³-hybridized carbons (Fsp3) is 0.889. The summed E-state index contributed by atoms with van der Waals surface area (Å²) in [5.41, 5.74) is 1.71. The first-order chi connectivity index (χ1) is 9.83. The summed E-state index contributed by atoms with van der Waals surface area (Å²) in [7, 11) is 0. The first-order valence-corrected chi connectivity index (χ1v) is 9.11. The minimum absolute atomic E-state index is 0.752. The lowest BCUT2D eigenvalue weighted by Gasteiger charge is -2.37. The van der Waals surface area contributed by atoms with E-state index in [-0.39, 0.29) is 0 Å². The van der Waals surface area contributed by atoms with Crippen molar-refractivity contribution in [3.63, 3.8) is 0 Å². The SMILES string of the molecule is CCCOCC1CCC(C2CCC(C=CCl)CC2)CC1. The van der Waals surface area contributed by atoms with Gasteiger partial charge in [0.1, 0.15) is 0 Å². The van der Waals surface area contributed by atoms with Gasteiger partial charge in [0.05, 0.1) is 0 Å². The summed E-state index contributed by atoms with van der Waals surface area (Å²) in [5.74, 6) is 3.58. The number of hydrogen-bond donors (Lipinski definition) is 0. The molecule has 0 aromatic rings. The molecule has 2 aliphatic rings. The molecule has 0 spiro atoms. The van der Waals surface area contributed by atoms with Crippen LogP contribution in [-0.4, -0.2) is 13.2 Å². The molecule has 0 atom stereocenters. The normalized spacial score (nSPS) is 35.5. The van der Waals surface area contributed by atoms with Gasteiger partial charge in [-0.3, -0.25) is 0 Å². The van der Waals surface area contributed by atoms with Crippen LogP contribution in [0.3, 0.4) is 0 Å². The average Bonchev–Trinajstić information content (AvgIpc) is 2.49. The highest BCUT2D eigenvalue weighted by Crippen LogP contribution is 2.41. The van der Waals surface area contributed by atoms with Crippen molar-refractivity contribution in [2.45, 2.75) is 64.7 Å². The van der Waals surface area contributed by atoms with Gasteiger partial charge in [-0.15, -0.1) is 0 Å². The zero-order valence-corrected chi connectivity index (χ0v) is 13.8. The standard InChI is InChI=1S/C18H31ClO/c1-2-13-20-14-16-5-9-18(10-6-16)17-7-3-15(4-8-17)11-12-19/h11-12,15-18H,2-10,13-14H2,1H3. The van der Waals surface area contributed by atoms with E-state index in [0.717, 1.165) is 43.3 Å². The number of rotatable bonds is 6. The maximum atomic E-state index is 5.72. The Morgan fingerprint density at radius 2 is 1.55 bits per heavy atom. The van der Waals surface area contributed by atoms with Crippen LogP contribution in [0.25, 0.3) is 0 Å². The van der Waals surface area contributed by atoms with Crippen molar-refractivity contribution in [3.8, 4) is 0 Å². The van der Waals surface area contributed by atoms with Gasteiger partial charge in [0.25, 0.3) is 0 Å². The van der Waals surface area contributed by atoms with Gasteiger partial charge in [0.15, 0.2) is 0 Å². The molecule has 20 heavy (non-hydrogen) atoms. The first-order valence-electron chi connectivity index (χ1n) is 8.68. The van der Waals surface area contributed by atoms with Gasteiger partial charge in [-0.2, -0.15) is 0 Å². The maximum absolute atomic E-state index is 5.72. The fourth-order valence-corrected chi connectivity index (χ4v) is 4.34. The van der Waals surface area contributed by atoms with E-state index < -0.39 is 0 Å². The van der Waals surface area contributed by atoms with Gasteiger partial charge in [-0.1, -0.05) is 24.6 Å². The van der Waals surface area contributed by atoms with Gasteiger partial charge in [0, 0.05) is 18.7 Å². The van der Waals surface area contributed by atoms with Crippen LogP contribution in [-0.2, 0) is 4.74 Å². The van der Waals surface area contributed by atoms with E-state index in [2.05, 4.69) is 13.0 Å². The lowest BCUT2D eigenvalue weighted by molar-refractivity contribution is 0.0662. The highest BCUT2D eigenvalue weighted by atomic mass is 35.5. The molecule has 0 heterocycles. The molecule has 0 bridgehead atoms. The summed E-state index contributed by atoms with van der Waals surface area (Å²) in [6.45, 7) is 4.14. The molecule has 2 heteroatoms. The van der Waals surface area contributed by atoms with Crippen LogP contribution < -0.4 is 0 Å². The van der Waals surface area contributed by atoms with Gasteiger partial charge in [0.2, 0.25) is 0 Å². The van der Waals surface area contributed by atoms with E-state index >= 15 is 0 Å². The first kappa shape index (κ1) is 16.4. The molecule has 0 unspecified atom stereocenters. The van der Waals surface area contributed by atoms with Gasteiger partial charge < -0.3 is 4.74 Å². The number of ether oxygens (including phenoxy) is 1. The Balaban J connectivity index is 1.64. The topological polar surface area (TPSA) is 9.23 Å². The van der Waals surface area contributed by atoms with E-state index in [9.17, 15) is 0 Å². The van der Waals surface area contributed by atoms with E-state index in [1.807, 2.05) is 0 Å². The Labute approximate surface area is 130 Å². The highest BCUT2D eigenvalue weighted by Gasteiger charge is 2.30. The molecular formula is C18H31ClO. The Bertz CT molecular complexity index is 273. The van der Waals surface area contributed by atoms with Crippen LogP contribution >= 0.6 is 11.6 Å². The molecular weight excluding hydrogens is 268 g/mol. The van der Waals surface area contributed by atoms with Crippen molar-refractivity contribution in [1.82, 2.24) is 0 Å². The second kappa shape index (κ2) is 9.10. The van der Waals surface area contributed by atoms with E-state index in [1.54, 1.807) is 5.54 Å². The van der Waals surface area contributed by atoms with E-state index in [1.165, 1.54) is 51.4 Å².